The van der Waals surface area contributed by atoms with Gasteiger partial charge in [-0.25, -0.2) is 4.79 Å². The fourth-order valence-corrected chi connectivity index (χ4v) is 2.67. The van der Waals surface area contributed by atoms with Crippen LogP contribution >= 0.6 is 11.6 Å². The summed E-state index contributed by atoms with van der Waals surface area (Å²) < 4.78 is 1.35. The zero-order valence-corrected chi connectivity index (χ0v) is 12.2. The molecule has 0 spiro atoms. The van der Waals surface area contributed by atoms with Crippen LogP contribution in [0.4, 0.5) is 0 Å². The van der Waals surface area contributed by atoms with E-state index in [0.29, 0.717) is 16.4 Å². The smallest absolute Gasteiger partial charge is 0.341 e. The Bertz CT molecular complexity index is 739. The molecule has 2 rings (SSSR count). The first-order chi connectivity index (χ1) is 9.32. The molecule has 1 N–H and O–H groups in total. The van der Waals surface area contributed by atoms with E-state index in [0.717, 1.165) is 11.1 Å². The quantitative estimate of drug-likeness (QED) is 0.925. The van der Waals surface area contributed by atoms with Crippen LogP contribution in [0, 0.1) is 20.8 Å². The van der Waals surface area contributed by atoms with Crippen LogP contribution in [-0.4, -0.2) is 15.6 Å². The van der Waals surface area contributed by atoms with Gasteiger partial charge in [0.2, 0.25) is 0 Å². The second-order valence-corrected chi connectivity index (χ2v) is 5.15. The van der Waals surface area contributed by atoms with Crippen LogP contribution in [0.15, 0.2) is 29.1 Å². The van der Waals surface area contributed by atoms with Gasteiger partial charge in [0.1, 0.15) is 5.56 Å². The summed E-state index contributed by atoms with van der Waals surface area (Å²) in [6.07, 6.45) is 0. The van der Waals surface area contributed by atoms with Crippen LogP contribution in [0.5, 0.6) is 0 Å². The van der Waals surface area contributed by atoms with Crippen LogP contribution < -0.4 is 5.56 Å². The molecule has 0 atom stereocenters. The summed E-state index contributed by atoms with van der Waals surface area (Å²) in [7, 11) is 0. The van der Waals surface area contributed by atoms with Crippen LogP contribution in [0.3, 0.4) is 0 Å². The van der Waals surface area contributed by atoms with Crippen molar-refractivity contribution < 1.29 is 9.90 Å². The van der Waals surface area contributed by atoms with Gasteiger partial charge in [0.15, 0.2) is 0 Å². The van der Waals surface area contributed by atoms with Gasteiger partial charge < -0.3 is 5.11 Å². The van der Waals surface area contributed by atoms with Gasteiger partial charge in [-0.3, -0.25) is 9.36 Å². The summed E-state index contributed by atoms with van der Waals surface area (Å²) in [6.45, 7) is 5.49. The Morgan fingerprint density at radius 3 is 2.40 bits per heavy atom. The van der Waals surface area contributed by atoms with Crippen molar-refractivity contribution >= 4 is 17.6 Å². The molecular weight excluding hydrogens is 278 g/mol. The molecule has 0 fully saturated rings. The normalized spacial score (nSPS) is 10.6. The van der Waals surface area contributed by atoms with E-state index in [2.05, 4.69) is 0 Å². The van der Waals surface area contributed by atoms with E-state index in [4.69, 9.17) is 16.7 Å². The second kappa shape index (κ2) is 5.13. The number of hydrogen-bond donors (Lipinski definition) is 1. The van der Waals surface area contributed by atoms with Crippen molar-refractivity contribution in [3.05, 3.63) is 62.0 Å². The second-order valence-electron chi connectivity index (χ2n) is 4.75. The van der Waals surface area contributed by atoms with Crippen LogP contribution in [0.2, 0.25) is 5.02 Å². The Balaban J connectivity index is 2.87. The number of carboxylic acid groups (broad SMARTS) is 1. The van der Waals surface area contributed by atoms with Gasteiger partial charge >= 0.3 is 5.97 Å². The average molecular weight is 292 g/mol. The van der Waals surface area contributed by atoms with Crippen LogP contribution in [0.1, 0.15) is 27.2 Å². The van der Waals surface area contributed by atoms with E-state index in [9.17, 15) is 9.59 Å². The number of aromatic carboxylic acids is 1. The molecule has 0 aliphatic carbocycles. The molecule has 0 radical (unpaired) electrons. The van der Waals surface area contributed by atoms with E-state index >= 15 is 0 Å². The summed E-state index contributed by atoms with van der Waals surface area (Å²) in [5.41, 5.74) is 2.12. The lowest BCUT2D eigenvalue weighted by molar-refractivity contribution is 0.0694. The van der Waals surface area contributed by atoms with E-state index in [-0.39, 0.29) is 5.56 Å². The minimum atomic E-state index is -1.25. The highest BCUT2D eigenvalue weighted by Crippen LogP contribution is 2.26. The Labute approximate surface area is 121 Å². The molecule has 0 bridgehead atoms. The van der Waals surface area contributed by atoms with E-state index < -0.39 is 11.5 Å². The highest BCUT2D eigenvalue weighted by Gasteiger charge is 2.17. The topological polar surface area (TPSA) is 59.3 Å². The summed E-state index contributed by atoms with van der Waals surface area (Å²) in [6, 6.07) is 6.57. The van der Waals surface area contributed by atoms with Crippen molar-refractivity contribution in [2.45, 2.75) is 20.8 Å². The van der Waals surface area contributed by atoms with E-state index in [1.165, 1.54) is 10.6 Å². The minimum Gasteiger partial charge on any atom is -0.477 e. The summed E-state index contributed by atoms with van der Waals surface area (Å²) >= 11 is 6.24. The van der Waals surface area contributed by atoms with Crippen molar-refractivity contribution in [3.63, 3.8) is 0 Å². The summed E-state index contributed by atoms with van der Waals surface area (Å²) in [5, 5.41) is 9.49. The molecule has 5 heteroatoms. The highest BCUT2D eigenvalue weighted by molar-refractivity contribution is 6.32. The highest BCUT2D eigenvalue weighted by atomic mass is 35.5. The molecule has 1 heterocycles. The fourth-order valence-electron chi connectivity index (χ4n) is 2.26. The molecule has 0 aliphatic rings. The van der Waals surface area contributed by atoms with E-state index in [1.54, 1.807) is 19.1 Å². The standard InChI is InChI=1S/C15H14ClNO3/c1-8-6-9(2)13(12(16)7-8)17-10(3)4-5-11(14(17)18)15(19)20/h4-7H,1-3H3,(H,19,20). The van der Waals surface area contributed by atoms with Crippen molar-refractivity contribution in [2.75, 3.05) is 0 Å². The number of pyridine rings is 1. The Kier molecular flexibility index (Phi) is 3.68. The lowest BCUT2D eigenvalue weighted by Gasteiger charge is -2.15. The van der Waals surface area contributed by atoms with Gasteiger partial charge in [0, 0.05) is 5.69 Å². The summed E-state index contributed by atoms with van der Waals surface area (Å²) in [4.78, 5) is 23.4. The van der Waals surface area contributed by atoms with Crippen molar-refractivity contribution in [2.24, 2.45) is 0 Å². The number of hydrogen-bond acceptors (Lipinski definition) is 2. The van der Waals surface area contributed by atoms with Gasteiger partial charge in [-0.05, 0) is 50.1 Å². The number of rotatable bonds is 2. The number of aromatic nitrogens is 1. The van der Waals surface area contributed by atoms with E-state index in [1.807, 2.05) is 19.9 Å². The van der Waals surface area contributed by atoms with Crippen molar-refractivity contribution in [3.8, 4) is 5.69 Å². The zero-order chi connectivity index (χ0) is 15.0. The first-order valence-corrected chi connectivity index (χ1v) is 6.44. The molecule has 0 unspecified atom stereocenters. The van der Waals surface area contributed by atoms with Gasteiger partial charge in [0.25, 0.3) is 5.56 Å². The van der Waals surface area contributed by atoms with Crippen LogP contribution in [0.25, 0.3) is 5.69 Å². The maximum atomic E-state index is 12.3. The Morgan fingerprint density at radius 2 is 1.85 bits per heavy atom. The zero-order valence-electron chi connectivity index (χ0n) is 11.4. The molecule has 0 aliphatic heterocycles. The maximum absolute atomic E-state index is 12.3. The van der Waals surface area contributed by atoms with Crippen molar-refractivity contribution in [1.29, 1.82) is 0 Å². The van der Waals surface area contributed by atoms with Gasteiger partial charge in [-0.15, -0.1) is 0 Å². The minimum absolute atomic E-state index is 0.272. The molecular formula is C15H14ClNO3. The Morgan fingerprint density at radius 1 is 1.20 bits per heavy atom. The van der Waals surface area contributed by atoms with Gasteiger partial charge in [-0.2, -0.15) is 0 Å². The number of benzene rings is 1. The van der Waals surface area contributed by atoms with Gasteiger partial charge in [-0.1, -0.05) is 17.7 Å². The third-order valence-corrected chi connectivity index (χ3v) is 3.42. The molecule has 1 aromatic heterocycles. The molecule has 0 saturated heterocycles. The first kappa shape index (κ1) is 14.3. The molecule has 20 heavy (non-hydrogen) atoms. The average Bonchev–Trinajstić information content (AvgIpc) is 2.31. The maximum Gasteiger partial charge on any atom is 0.341 e. The predicted octanol–water partition coefficient (Wildman–Crippen LogP) is 3.11. The summed E-state index contributed by atoms with van der Waals surface area (Å²) in [5.74, 6) is -1.25. The molecule has 4 nitrogen and oxygen atoms in total. The van der Waals surface area contributed by atoms with Gasteiger partial charge in [0.05, 0.1) is 10.7 Å². The molecule has 1 aromatic carbocycles. The number of aryl methyl sites for hydroxylation is 3. The Hall–Kier alpha value is -2.07. The first-order valence-electron chi connectivity index (χ1n) is 6.06. The SMILES string of the molecule is Cc1cc(C)c(-n2c(C)ccc(C(=O)O)c2=O)c(Cl)c1. The molecule has 104 valence electrons. The third kappa shape index (κ3) is 2.34. The number of halogens is 1. The fraction of sp³-hybridized carbons (Fsp3) is 0.200. The number of nitrogens with zero attached hydrogens (tertiary/aromatic N) is 1. The third-order valence-electron chi connectivity index (χ3n) is 3.13. The number of carbonyl (C=O) groups is 1. The lowest BCUT2D eigenvalue weighted by Crippen LogP contribution is -2.27. The largest absolute Gasteiger partial charge is 0.477 e. The molecule has 0 saturated carbocycles. The van der Waals surface area contributed by atoms with Crippen LogP contribution in [-0.2, 0) is 0 Å². The number of carboxylic acids is 1. The molecule has 0 amide bonds. The monoisotopic (exact) mass is 291 g/mol. The van der Waals surface area contributed by atoms with Crippen molar-refractivity contribution in [1.82, 2.24) is 4.57 Å². The molecule has 2 aromatic rings. The predicted molar refractivity (Wildman–Crippen MR) is 78.2 cm³/mol. The lowest BCUT2D eigenvalue weighted by atomic mass is 10.1.